The van der Waals surface area contributed by atoms with E-state index in [1.165, 1.54) is 10.6 Å². The van der Waals surface area contributed by atoms with Crippen LogP contribution in [-0.4, -0.2) is 23.6 Å². The van der Waals surface area contributed by atoms with Crippen molar-refractivity contribution in [3.8, 4) is 0 Å². The molecule has 4 heteroatoms. The Hall–Kier alpha value is -0.610. The summed E-state index contributed by atoms with van der Waals surface area (Å²) in [6.45, 7) is 14.2. The molecule has 19 heavy (non-hydrogen) atoms. The summed E-state index contributed by atoms with van der Waals surface area (Å²) in [5.41, 5.74) is 1.40. The SMILES string of the molecule is CCc1nc(N(C)C(C)(C)CC)sc1CNC(C)C. The zero-order valence-corrected chi connectivity index (χ0v) is 14.3. The maximum atomic E-state index is 4.83. The van der Waals surface area contributed by atoms with Gasteiger partial charge < -0.3 is 10.2 Å². The highest BCUT2D eigenvalue weighted by Gasteiger charge is 2.24. The van der Waals surface area contributed by atoms with E-state index in [0.717, 1.165) is 24.5 Å². The number of thiazole rings is 1. The lowest BCUT2D eigenvalue weighted by atomic mass is 10.0. The minimum atomic E-state index is 0.158. The van der Waals surface area contributed by atoms with E-state index in [9.17, 15) is 0 Å². The van der Waals surface area contributed by atoms with Gasteiger partial charge in [-0.25, -0.2) is 4.98 Å². The van der Waals surface area contributed by atoms with Crippen molar-refractivity contribution in [2.45, 2.75) is 72.5 Å². The topological polar surface area (TPSA) is 28.2 Å². The minimum Gasteiger partial charge on any atom is -0.346 e. The Kier molecular flexibility index (Phi) is 5.81. The van der Waals surface area contributed by atoms with Gasteiger partial charge in [0.05, 0.1) is 5.69 Å². The maximum absolute atomic E-state index is 4.83. The van der Waals surface area contributed by atoms with E-state index in [2.05, 4.69) is 58.8 Å². The van der Waals surface area contributed by atoms with E-state index in [1.54, 1.807) is 0 Å². The van der Waals surface area contributed by atoms with Crippen LogP contribution in [0.1, 0.15) is 58.5 Å². The zero-order chi connectivity index (χ0) is 14.6. The third-order valence-electron chi connectivity index (χ3n) is 3.83. The second-order valence-corrected chi connectivity index (χ2v) is 7.04. The normalized spacial score (nSPS) is 12.2. The van der Waals surface area contributed by atoms with Crippen molar-refractivity contribution in [1.29, 1.82) is 0 Å². The van der Waals surface area contributed by atoms with Gasteiger partial charge in [0.15, 0.2) is 5.13 Å². The molecule has 0 saturated carbocycles. The smallest absolute Gasteiger partial charge is 0.186 e. The summed E-state index contributed by atoms with van der Waals surface area (Å²) in [6, 6.07) is 0.514. The van der Waals surface area contributed by atoms with Gasteiger partial charge in [0, 0.05) is 30.1 Å². The molecule has 1 aromatic rings. The number of anilines is 1. The molecule has 0 radical (unpaired) electrons. The molecule has 1 aromatic heterocycles. The second-order valence-electron chi connectivity index (χ2n) is 5.98. The summed E-state index contributed by atoms with van der Waals surface area (Å²) in [5, 5.41) is 4.64. The van der Waals surface area contributed by atoms with E-state index in [0.29, 0.717) is 6.04 Å². The summed E-state index contributed by atoms with van der Waals surface area (Å²) in [4.78, 5) is 8.52. The predicted octanol–water partition coefficient (Wildman–Crippen LogP) is 3.83. The molecule has 0 bridgehead atoms. The highest BCUT2D eigenvalue weighted by molar-refractivity contribution is 7.15. The van der Waals surface area contributed by atoms with Crippen LogP contribution in [0.3, 0.4) is 0 Å². The summed E-state index contributed by atoms with van der Waals surface area (Å²) < 4.78 is 0. The minimum absolute atomic E-state index is 0.158. The highest BCUT2D eigenvalue weighted by Crippen LogP contribution is 2.31. The number of aryl methyl sites for hydroxylation is 1. The van der Waals surface area contributed by atoms with Gasteiger partial charge in [-0.3, -0.25) is 0 Å². The van der Waals surface area contributed by atoms with Crippen molar-refractivity contribution in [3.05, 3.63) is 10.6 Å². The molecule has 110 valence electrons. The van der Waals surface area contributed by atoms with Crippen LogP contribution in [0, 0.1) is 0 Å². The number of hydrogen-bond donors (Lipinski definition) is 1. The van der Waals surface area contributed by atoms with E-state index >= 15 is 0 Å². The monoisotopic (exact) mass is 283 g/mol. The molecule has 0 aliphatic heterocycles. The quantitative estimate of drug-likeness (QED) is 0.824. The molecule has 1 heterocycles. The Morgan fingerprint density at radius 1 is 1.32 bits per heavy atom. The molecular formula is C15H29N3S. The molecule has 0 aromatic carbocycles. The Bertz CT molecular complexity index is 396. The van der Waals surface area contributed by atoms with Crippen molar-refractivity contribution < 1.29 is 0 Å². The van der Waals surface area contributed by atoms with Crippen LogP contribution in [0.4, 0.5) is 5.13 Å². The van der Waals surface area contributed by atoms with Crippen molar-refractivity contribution in [2.24, 2.45) is 0 Å². The fourth-order valence-corrected chi connectivity index (χ4v) is 2.94. The highest BCUT2D eigenvalue weighted by atomic mass is 32.1. The molecule has 1 rings (SSSR count). The Labute approximate surface area is 122 Å². The number of hydrogen-bond acceptors (Lipinski definition) is 4. The van der Waals surface area contributed by atoms with Gasteiger partial charge in [0.2, 0.25) is 0 Å². The lowest BCUT2D eigenvalue weighted by Crippen LogP contribution is -2.40. The van der Waals surface area contributed by atoms with E-state index in [4.69, 9.17) is 4.98 Å². The molecule has 0 saturated heterocycles. The lowest BCUT2D eigenvalue weighted by Gasteiger charge is -2.34. The number of rotatable bonds is 7. The second kappa shape index (κ2) is 6.71. The van der Waals surface area contributed by atoms with Gasteiger partial charge in [-0.05, 0) is 26.7 Å². The first-order chi connectivity index (χ1) is 8.81. The lowest BCUT2D eigenvalue weighted by molar-refractivity contribution is 0.470. The fraction of sp³-hybridized carbons (Fsp3) is 0.800. The third kappa shape index (κ3) is 4.18. The van der Waals surface area contributed by atoms with Crippen LogP contribution in [0.15, 0.2) is 0 Å². The van der Waals surface area contributed by atoms with Crippen molar-refractivity contribution in [1.82, 2.24) is 10.3 Å². The number of nitrogens with one attached hydrogen (secondary N) is 1. The largest absolute Gasteiger partial charge is 0.346 e. The van der Waals surface area contributed by atoms with Crippen LogP contribution < -0.4 is 10.2 Å². The first kappa shape index (κ1) is 16.4. The predicted molar refractivity (Wildman–Crippen MR) is 86.2 cm³/mol. The molecular weight excluding hydrogens is 254 g/mol. The van der Waals surface area contributed by atoms with Crippen molar-refractivity contribution in [3.63, 3.8) is 0 Å². The molecule has 0 amide bonds. The molecule has 0 unspecified atom stereocenters. The van der Waals surface area contributed by atoms with Gasteiger partial charge in [0.1, 0.15) is 0 Å². The summed E-state index contributed by atoms with van der Waals surface area (Å²) in [6.07, 6.45) is 2.12. The average molecular weight is 283 g/mol. The Morgan fingerprint density at radius 3 is 2.42 bits per heavy atom. The fourth-order valence-electron chi connectivity index (χ4n) is 1.72. The van der Waals surface area contributed by atoms with Crippen LogP contribution in [0.5, 0.6) is 0 Å². The van der Waals surface area contributed by atoms with E-state index < -0.39 is 0 Å². The summed E-state index contributed by atoms with van der Waals surface area (Å²) in [7, 11) is 2.15. The van der Waals surface area contributed by atoms with Gasteiger partial charge in [0.25, 0.3) is 0 Å². The first-order valence-corrected chi connectivity index (χ1v) is 8.09. The molecule has 3 nitrogen and oxygen atoms in total. The van der Waals surface area contributed by atoms with Crippen molar-refractivity contribution in [2.75, 3.05) is 11.9 Å². The van der Waals surface area contributed by atoms with Crippen LogP contribution in [0.2, 0.25) is 0 Å². The van der Waals surface area contributed by atoms with Crippen LogP contribution in [0.25, 0.3) is 0 Å². The zero-order valence-electron chi connectivity index (χ0n) is 13.5. The number of nitrogens with zero attached hydrogens (tertiary/aromatic N) is 2. The average Bonchev–Trinajstić information content (AvgIpc) is 2.78. The van der Waals surface area contributed by atoms with Crippen molar-refractivity contribution >= 4 is 16.5 Å². The molecule has 0 fully saturated rings. The Balaban J connectivity index is 2.92. The molecule has 0 aliphatic carbocycles. The maximum Gasteiger partial charge on any atom is 0.186 e. The van der Waals surface area contributed by atoms with Gasteiger partial charge in [-0.2, -0.15) is 0 Å². The molecule has 0 aliphatic rings. The van der Waals surface area contributed by atoms with E-state index in [-0.39, 0.29) is 5.54 Å². The van der Waals surface area contributed by atoms with Gasteiger partial charge in [-0.1, -0.05) is 27.7 Å². The first-order valence-electron chi connectivity index (χ1n) is 7.27. The standard InChI is InChI=1S/C15H29N3S/c1-8-12-13(10-16-11(3)4)19-14(17-12)18(7)15(5,6)9-2/h11,16H,8-10H2,1-7H3. The van der Waals surface area contributed by atoms with E-state index in [1.807, 2.05) is 11.3 Å². The molecule has 1 N–H and O–H groups in total. The molecule has 0 atom stereocenters. The Morgan fingerprint density at radius 2 is 1.95 bits per heavy atom. The van der Waals surface area contributed by atoms with Gasteiger partial charge >= 0.3 is 0 Å². The molecule has 0 spiro atoms. The van der Waals surface area contributed by atoms with Crippen LogP contribution in [-0.2, 0) is 13.0 Å². The van der Waals surface area contributed by atoms with Crippen LogP contribution >= 0.6 is 11.3 Å². The third-order valence-corrected chi connectivity index (χ3v) is 5.01. The number of aromatic nitrogens is 1. The summed E-state index contributed by atoms with van der Waals surface area (Å²) >= 11 is 1.83. The van der Waals surface area contributed by atoms with Gasteiger partial charge in [-0.15, -0.1) is 11.3 Å². The summed E-state index contributed by atoms with van der Waals surface area (Å²) in [5.74, 6) is 0.